The first-order chi connectivity index (χ1) is 19.0. The van der Waals surface area contributed by atoms with Crippen molar-refractivity contribution in [3.05, 3.63) is 54.2 Å². The molecule has 3 rings (SSSR count). The van der Waals surface area contributed by atoms with Gasteiger partial charge in [0.15, 0.2) is 0 Å². The van der Waals surface area contributed by atoms with Gasteiger partial charge in [-0.15, -0.1) is 0 Å². The number of aliphatic carboxylic acids is 1. The highest BCUT2D eigenvalue weighted by molar-refractivity contribution is 5.95. The van der Waals surface area contributed by atoms with Crippen LogP contribution in [0.2, 0.25) is 0 Å². The van der Waals surface area contributed by atoms with Gasteiger partial charge in [-0.05, 0) is 18.6 Å². The fourth-order valence-corrected chi connectivity index (χ4v) is 3.99. The van der Waals surface area contributed by atoms with Crippen LogP contribution in [0.4, 0.5) is 0 Å². The Bertz CT molecular complexity index is 1350. The number of carboxylic acid groups (broad SMARTS) is 1. The van der Waals surface area contributed by atoms with Crippen LogP contribution in [0.15, 0.2) is 43.0 Å². The van der Waals surface area contributed by atoms with Crippen molar-refractivity contribution in [2.24, 2.45) is 11.5 Å². The molecule has 0 fully saturated rings. The summed E-state index contributed by atoms with van der Waals surface area (Å²) < 4.78 is 0. The first-order valence-corrected chi connectivity index (χ1v) is 12.3. The van der Waals surface area contributed by atoms with E-state index in [0.717, 1.165) is 10.9 Å². The third-order valence-corrected chi connectivity index (χ3v) is 6.19. The molecule has 4 amide bonds. The van der Waals surface area contributed by atoms with Gasteiger partial charge in [-0.25, -0.2) is 9.78 Å². The summed E-state index contributed by atoms with van der Waals surface area (Å²) in [4.78, 5) is 72.0. The van der Waals surface area contributed by atoms with Gasteiger partial charge in [0.05, 0.1) is 18.9 Å². The Morgan fingerprint density at radius 3 is 2.17 bits per heavy atom. The van der Waals surface area contributed by atoms with Gasteiger partial charge in [0.25, 0.3) is 0 Å². The van der Waals surface area contributed by atoms with Crippen molar-refractivity contribution in [3.63, 3.8) is 0 Å². The van der Waals surface area contributed by atoms with Crippen LogP contribution in [0.5, 0.6) is 0 Å². The second kappa shape index (κ2) is 13.3. The highest BCUT2D eigenvalue weighted by atomic mass is 16.4. The number of benzene rings is 1. The molecule has 0 saturated heterocycles. The highest BCUT2D eigenvalue weighted by Crippen LogP contribution is 2.19. The maximum Gasteiger partial charge on any atom is 0.326 e. The van der Waals surface area contributed by atoms with Gasteiger partial charge in [0.1, 0.15) is 24.2 Å². The third kappa shape index (κ3) is 7.87. The SMILES string of the molecule is CC(O)C(N)C(=O)NC(Cc1c[nH]c2ccccc12)C(=O)NC(Cc1cnc[nH]1)C(=O)NC(CC(N)=O)C(=O)O. The van der Waals surface area contributed by atoms with E-state index in [4.69, 9.17) is 11.5 Å². The van der Waals surface area contributed by atoms with Crippen LogP contribution in [-0.4, -0.2) is 85.0 Å². The minimum atomic E-state index is -1.63. The van der Waals surface area contributed by atoms with E-state index >= 15 is 0 Å². The average molecular weight is 557 g/mol. The van der Waals surface area contributed by atoms with Crippen molar-refractivity contribution in [1.29, 1.82) is 0 Å². The zero-order chi connectivity index (χ0) is 29.4. The number of aliphatic hydroxyl groups is 1. The molecular formula is C25H32N8O7. The van der Waals surface area contributed by atoms with Crippen molar-refractivity contribution in [2.45, 2.75) is 56.5 Å². The molecule has 1 aromatic carbocycles. The summed E-state index contributed by atoms with van der Waals surface area (Å²) in [6, 6.07) is 1.78. The number of amides is 4. The zero-order valence-electron chi connectivity index (χ0n) is 21.6. The highest BCUT2D eigenvalue weighted by Gasteiger charge is 2.32. The third-order valence-electron chi connectivity index (χ3n) is 6.19. The molecule has 5 atom stereocenters. The van der Waals surface area contributed by atoms with Crippen molar-refractivity contribution in [3.8, 4) is 0 Å². The fraction of sp³-hybridized carbons (Fsp3) is 0.360. The Morgan fingerprint density at radius 2 is 1.57 bits per heavy atom. The van der Waals surface area contributed by atoms with Gasteiger partial charge in [-0.3, -0.25) is 19.2 Å². The molecule has 15 nitrogen and oxygen atoms in total. The normalized spacial score (nSPS) is 14.9. The number of nitrogens with zero attached hydrogens (tertiary/aromatic N) is 1. The van der Waals surface area contributed by atoms with Gasteiger partial charge >= 0.3 is 5.97 Å². The van der Waals surface area contributed by atoms with Gasteiger partial charge < -0.3 is 47.6 Å². The first kappa shape index (κ1) is 29.8. The molecule has 0 radical (unpaired) electrons. The number of hydrogen-bond donors (Lipinski definition) is 9. The minimum Gasteiger partial charge on any atom is -0.480 e. The summed E-state index contributed by atoms with van der Waals surface area (Å²) in [6.07, 6.45) is 2.46. The summed E-state index contributed by atoms with van der Waals surface area (Å²) in [5, 5.41) is 27.3. The predicted octanol–water partition coefficient (Wildman–Crippen LogP) is -2.20. The molecule has 40 heavy (non-hydrogen) atoms. The molecule has 2 heterocycles. The number of aromatic amines is 2. The molecule has 2 aromatic heterocycles. The van der Waals surface area contributed by atoms with Crippen LogP contribution >= 0.6 is 0 Å². The number of carbonyl (C=O) groups excluding carboxylic acids is 4. The summed E-state index contributed by atoms with van der Waals surface area (Å²) in [6.45, 7) is 1.33. The van der Waals surface area contributed by atoms with E-state index in [1.54, 1.807) is 6.20 Å². The van der Waals surface area contributed by atoms with E-state index in [0.29, 0.717) is 11.3 Å². The summed E-state index contributed by atoms with van der Waals surface area (Å²) in [7, 11) is 0. The lowest BCUT2D eigenvalue weighted by Crippen LogP contribution is -2.59. The molecule has 0 aliphatic heterocycles. The quantitative estimate of drug-likeness (QED) is 0.104. The van der Waals surface area contributed by atoms with Crippen molar-refractivity contribution >= 4 is 40.5 Å². The lowest BCUT2D eigenvalue weighted by atomic mass is 10.0. The topological polar surface area (TPSA) is 258 Å². The number of carboxylic acids is 1. The molecule has 5 unspecified atom stereocenters. The molecule has 0 bridgehead atoms. The van der Waals surface area contributed by atoms with Gasteiger partial charge in [0.2, 0.25) is 23.6 Å². The molecular weight excluding hydrogens is 524 g/mol. The summed E-state index contributed by atoms with van der Waals surface area (Å²) in [5.41, 5.74) is 12.8. The lowest BCUT2D eigenvalue weighted by molar-refractivity contribution is -0.143. The molecule has 0 saturated carbocycles. The standard InChI is InChI=1S/C25H32N8O7/c1-12(34)21(27)24(38)32-17(6-13-9-29-16-5-3-2-4-15(13)16)22(36)31-18(7-14-10-28-11-30-14)23(37)33-19(25(39)40)8-20(26)35/h2-5,9-12,17-19,21,29,34H,6-8,27H2,1H3,(H2,26,35)(H,28,30)(H,31,36)(H,32,38)(H,33,37)(H,39,40). The number of fused-ring (bicyclic) bond motifs is 1. The van der Waals surface area contributed by atoms with Crippen LogP contribution in [-0.2, 0) is 36.8 Å². The number of nitrogens with one attached hydrogen (secondary N) is 5. The Balaban J connectivity index is 1.88. The lowest BCUT2D eigenvalue weighted by Gasteiger charge is -2.25. The second-order valence-corrected chi connectivity index (χ2v) is 9.30. The molecule has 15 heteroatoms. The maximum atomic E-state index is 13.5. The number of imidazole rings is 1. The Kier molecular flexibility index (Phi) is 9.94. The molecule has 11 N–H and O–H groups in total. The number of H-pyrrole nitrogens is 2. The zero-order valence-corrected chi connectivity index (χ0v) is 21.6. The second-order valence-electron chi connectivity index (χ2n) is 9.30. The van der Waals surface area contributed by atoms with E-state index in [-0.39, 0.29) is 12.8 Å². The number of carbonyl (C=O) groups is 5. The largest absolute Gasteiger partial charge is 0.480 e. The fourth-order valence-electron chi connectivity index (χ4n) is 3.99. The van der Waals surface area contributed by atoms with Gasteiger partial charge in [0, 0.05) is 41.8 Å². The monoisotopic (exact) mass is 556 g/mol. The van der Waals surface area contributed by atoms with E-state index in [2.05, 4.69) is 30.9 Å². The smallest absolute Gasteiger partial charge is 0.326 e. The summed E-state index contributed by atoms with van der Waals surface area (Å²) >= 11 is 0. The predicted molar refractivity (Wildman–Crippen MR) is 141 cm³/mol. The number of aromatic nitrogens is 3. The Labute approximate surface area is 228 Å². The number of nitrogens with two attached hydrogens (primary N) is 2. The van der Waals surface area contributed by atoms with Crippen LogP contribution in [0, 0.1) is 0 Å². The van der Waals surface area contributed by atoms with E-state index < -0.39 is 66.3 Å². The van der Waals surface area contributed by atoms with Gasteiger partial charge in [-0.1, -0.05) is 18.2 Å². The molecule has 0 aliphatic carbocycles. The van der Waals surface area contributed by atoms with Crippen LogP contribution < -0.4 is 27.4 Å². The molecule has 214 valence electrons. The van der Waals surface area contributed by atoms with Crippen molar-refractivity contribution in [2.75, 3.05) is 0 Å². The number of hydrogen-bond acceptors (Lipinski definition) is 8. The Morgan fingerprint density at radius 1 is 0.950 bits per heavy atom. The van der Waals surface area contributed by atoms with Gasteiger partial charge in [-0.2, -0.15) is 0 Å². The van der Waals surface area contributed by atoms with E-state index in [1.165, 1.54) is 19.4 Å². The first-order valence-electron chi connectivity index (χ1n) is 12.3. The van der Waals surface area contributed by atoms with E-state index in [1.807, 2.05) is 24.3 Å². The van der Waals surface area contributed by atoms with Crippen LogP contribution in [0.3, 0.4) is 0 Å². The minimum absolute atomic E-state index is 0.00800. The van der Waals surface area contributed by atoms with Crippen molar-refractivity contribution in [1.82, 2.24) is 30.9 Å². The van der Waals surface area contributed by atoms with Crippen LogP contribution in [0.25, 0.3) is 10.9 Å². The average Bonchev–Trinajstić information content (AvgIpc) is 3.56. The van der Waals surface area contributed by atoms with Crippen LogP contribution in [0.1, 0.15) is 24.6 Å². The van der Waals surface area contributed by atoms with E-state index in [9.17, 15) is 34.2 Å². The number of primary amides is 1. The van der Waals surface area contributed by atoms with Crippen molar-refractivity contribution < 1.29 is 34.2 Å². The maximum absolute atomic E-state index is 13.5. The summed E-state index contributed by atoms with van der Waals surface area (Å²) in [5.74, 6) is -4.92. The molecule has 0 aliphatic rings. The number of para-hydroxylation sites is 1. The number of rotatable bonds is 14. The Hall–Kier alpha value is -4.76. The number of aliphatic hydroxyl groups excluding tert-OH is 1. The molecule has 3 aromatic rings. The molecule has 0 spiro atoms.